The molecule has 0 radical (unpaired) electrons. The number of halogens is 1. The quantitative estimate of drug-likeness (QED) is 0.813. The molecule has 0 bridgehead atoms. The zero-order valence-electron chi connectivity index (χ0n) is 16.4. The topological polar surface area (TPSA) is 71.8 Å². The summed E-state index contributed by atoms with van der Waals surface area (Å²) in [7, 11) is 2.20. The average molecular weight is 390 g/mol. The summed E-state index contributed by atoms with van der Waals surface area (Å²) < 4.78 is 23.8. The predicted octanol–water partition coefficient (Wildman–Crippen LogP) is 2.08. The first-order valence-electron chi connectivity index (χ1n) is 9.61. The van der Waals surface area contributed by atoms with Crippen LogP contribution in [-0.2, 0) is 0 Å². The Balaban J connectivity index is 1.92. The zero-order chi connectivity index (χ0) is 20.2. The van der Waals surface area contributed by atoms with E-state index >= 15 is 4.39 Å². The Morgan fingerprint density at radius 2 is 2.07 bits per heavy atom. The van der Waals surface area contributed by atoms with E-state index in [0.29, 0.717) is 30.0 Å². The highest BCUT2D eigenvalue weighted by atomic mass is 19.1. The number of ether oxygens (including phenoxy) is 1. The molecular formula is C20H25FN3O4+. The molecule has 3 heterocycles. The molecule has 0 aliphatic carbocycles. The molecule has 0 saturated carbocycles. The van der Waals surface area contributed by atoms with Crippen LogP contribution in [0.4, 0.5) is 10.1 Å². The van der Waals surface area contributed by atoms with Crippen molar-refractivity contribution in [3.8, 4) is 5.75 Å². The number of anilines is 1. The van der Waals surface area contributed by atoms with Crippen molar-refractivity contribution in [2.45, 2.75) is 19.9 Å². The molecule has 150 valence electrons. The zero-order valence-corrected chi connectivity index (χ0v) is 16.4. The largest absolute Gasteiger partial charge is 0.487 e. The van der Waals surface area contributed by atoms with Gasteiger partial charge in [-0.3, -0.25) is 4.79 Å². The second kappa shape index (κ2) is 6.48. The number of pyridine rings is 1. The number of nitrogens with zero attached hydrogens (tertiary/aromatic N) is 3. The normalized spacial score (nSPS) is 20.9. The maximum absolute atomic E-state index is 15.2. The monoisotopic (exact) mass is 390 g/mol. The Labute approximate surface area is 162 Å². The van der Waals surface area contributed by atoms with Crippen molar-refractivity contribution in [3.05, 3.63) is 33.9 Å². The minimum absolute atomic E-state index is 0.0499. The van der Waals surface area contributed by atoms with Crippen LogP contribution in [0, 0.1) is 5.82 Å². The van der Waals surface area contributed by atoms with Crippen LogP contribution < -0.4 is 15.1 Å². The number of carboxylic acid groups (broad SMARTS) is 1. The van der Waals surface area contributed by atoms with Crippen LogP contribution in [0.25, 0.3) is 10.9 Å². The van der Waals surface area contributed by atoms with E-state index in [1.807, 2.05) is 11.8 Å². The van der Waals surface area contributed by atoms with E-state index in [0.717, 1.165) is 24.1 Å². The van der Waals surface area contributed by atoms with Crippen molar-refractivity contribution in [1.82, 2.24) is 4.57 Å². The Morgan fingerprint density at radius 3 is 2.68 bits per heavy atom. The Morgan fingerprint density at radius 1 is 1.39 bits per heavy atom. The highest BCUT2D eigenvalue weighted by Crippen LogP contribution is 2.42. The van der Waals surface area contributed by atoms with Crippen LogP contribution in [0.1, 0.15) is 30.2 Å². The van der Waals surface area contributed by atoms with Crippen molar-refractivity contribution in [3.63, 3.8) is 0 Å². The van der Waals surface area contributed by atoms with Gasteiger partial charge in [0.25, 0.3) is 0 Å². The van der Waals surface area contributed by atoms with E-state index in [9.17, 15) is 14.7 Å². The molecule has 1 saturated heterocycles. The standard InChI is InChI=1S/C20H24FN3O4/c1-4-24(3)7-5-22(6-8-24)17-15(21)9-13-16-19(17)28-11-12(2)23(16)10-14(18(13)25)20(26)27/h9-10,12H,4-8,11H2,1-3H3/p+1/t12-/m0/s1. The molecule has 2 aromatic rings. The molecule has 0 spiro atoms. The summed E-state index contributed by atoms with van der Waals surface area (Å²) in [4.78, 5) is 26.1. The number of aromatic nitrogens is 1. The van der Waals surface area contributed by atoms with Crippen molar-refractivity contribution in [2.75, 3.05) is 51.3 Å². The number of likely N-dealkylation sites (N-methyl/N-ethyl adjacent to an activating group) is 1. The molecule has 2 aliphatic heterocycles. The van der Waals surface area contributed by atoms with E-state index in [-0.39, 0.29) is 23.6 Å². The van der Waals surface area contributed by atoms with Crippen LogP contribution in [0.3, 0.4) is 0 Å². The molecule has 0 amide bonds. The molecule has 1 atom stereocenters. The van der Waals surface area contributed by atoms with E-state index in [1.54, 1.807) is 4.57 Å². The summed E-state index contributed by atoms with van der Waals surface area (Å²) >= 11 is 0. The van der Waals surface area contributed by atoms with Crippen molar-refractivity contribution in [1.29, 1.82) is 0 Å². The third-order valence-corrected chi connectivity index (χ3v) is 6.27. The molecule has 1 aromatic carbocycles. The van der Waals surface area contributed by atoms with Gasteiger partial charge in [-0.1, -0.05) is 0 Å². The van der Waals surface area contributed by atoms with Gasteiger partial charge >= 0.3 is 5.97 Å². The Bertz CT molecular complexity index is 1020. The van der Waals surface area contributed by atoms with Crippen molar-refractivity contribution in [2.24, 2.45) is 0 Å². The SMILES string of the molecule is CC[N+]1(C)CCN(c2c(F)cc3c(=O)c(C(=O)O)cn4c3c2OC[C@@H]4C)CC1. The molecule has 1 fully saturated rings. The molecule has 1 aromatic heterocycles. The van der Waals surface area contributed by atoms with E-state index in [2.05, 4.69) is 14.0 Å². The lowest BCUT2D eigenvalue weighted by atomic mass is 10.1. The fourth-order valence-corrected chi connectivity index (χ4v) is 4.15. The molecule has 8 heteroatoms. The van der Waals surface area contributed by atoms with Gasteiger partial charge in [-0.25, -0.2) is 9.18 Å². The second-order valence-electron chi connectivity index (χ2n) is 8.05. The highest BCUT2D eigenvalue weighted by Gasteiger charge is 2.34. The summed E-state index contributed by atoms with van der Waals surface area (Å²) in [6.07, 6.45) is 1.35. The fraction of sp³-hybridized carbons (Fsp3) is 0.500. The molecule has 7 nitrogen and oxygen atoms in total. The first kappa shape index (κ1) is 18.7. The van der Waals surface area contributed by atoms with Crippen LogP contribution in [0.15, 0.2) is 17.1 Å². The lowest BCUT2D eigenvalue weighted by Crippen LogP contribution is -2.57. The van der Waals surface area contributed by atoms with Gasteiger partial charge < -0.3 is 23.8 Å². The molecule has 1 N–H and O–H groups in total. The lowest BCUT2D eigenvalue weighted by Gasteiger charge is -2.43. The van der Waals surface area contributed by atoms with Gasteiger partial charge in [0.2, 0.25) is 5.43 Å². The highest BCUT2D eigenvalue weighted by molar-refractivity contribution is 5.97. The number of hydrogen-bond acceptors (Lipinski definition) is 4. The van der Waals surface area contributed by atoms with Crippen LogP contribution in [0.5, 0.6) is 5.75 Å². The number of rotatable bonds is 3. The number of piperazine rings is 1. The van der Waals surface area contributed by atoms with E-state index in [1.165, 1.54) is 12.3 Å². The van der Waals surface area contributed by atoms with Gasteiger partial charge in [0.15, 0.2) is 11.6 Å². The number of carbonyl (C=O) groups is 1. The fourth-order valence-electron chi connectivity index (χ4n) is 4.15. The number of benzene rings is 1. The number of aromatic carboxylic acids is 1. The van der Waals surface area contributed by atoms with Gasteiger partial charge in [0, 0.05) is 6.20 Å². The van der Waals surface area contributed by atoms with Crippen LogP contribution >= 0.6 is 0 Å². The Kier molecular flexibility index (Phi) is 4.33. The Hall–Kier alpha value is -2.61. The van der Waals surface area contributed by atoms with E-state index in [4.69, 9.17) is 4.74 Å². The van der Waals surface area contributed by atoms with Crippen LogP contribution in [-0.4, -0.2) is 66.5 Å². The molecule has 4 rings (SSSR count). The summed E-state index contributed by atoms with van der Waals surface area (Å²) in [6, 6.07) is 1.01. The lowest BCUT2D eigenvalue weighted by molar-refractivity contribution is -0.908. The van der Waals surface area contributed by atoms with Crippen molar-refractivity contribution >= 4 is 22.6 Å². The third-order valence-electron chi connectivity index (χ3n) is 6.27. The van der Waals surface area contributed by atoms with Gasteiger partial charge in [-0.2, -0.15) is 0 Å². The minimum atomic E-state index is -1.31. The predicted molar refractivity (Wildman–Crippen MR) is 104 cm³/mol. The number of carboxylic acids is 1. The number of quaternary nitrogens is 1. The molecular weight excluding hydrogens is 365 g/mol. The van der Waals surface area contributed by atoms with Gasteiger partial charge in [0.1, 0.15) is 17.9 Å². The average Bonchev–Trinajstić information content (AvgIpc) is 2.67. The van der Waals surface area contributed by atoms with Gasteiger partial charge in [0.05, 0.1) is 56.7 Å². The van der Waals surface area contributed by atoms with Crippen LogP contribution in [0.2, 0.25) is 0 Å². The molecule has 0 unspecified atom stereocenters. The first-order valence-corrected chi connectivity index (χ1v) is 9.61. The number of hydrogen-bond donors (Lipinski definition) is 1. The maximum atomic E-state index is 15.2. The third kappa shape index (κ3) is 2.74. The van der Waals surface area contributed by atoms with Gasteiger partial charge in [-0.15, -0.1) is 0 Å². The summed E-state index contributed by atoms with van der Waals surface area (Å²) in [5.74, 6) is -1.52. The van der Waals surface area contributed by atoms with Gasteiger partial charge in [-0.05, 0) is 19.9 Å². The summed E-state index contributed by atoms with van der Waals surface area (Å²) in [6.45, 7) is 8.52. The molecule has 2 aliphatic rings. The first-order chi connectivity index (χ1) is 13.3. The summed E-state index contributed by atoms with van der Waals surface area (Å²) in [5.41, 5.74) is -0.188. The minimum Gasteiger partial charge on any atom is -0.487 e. The molecule has 28 heavy (non-hydrogen) atoms. The summed E-state index contributed by atoms with van der Waals surface area (Å²) in [5, 5.41) is 9.42. The maximum Gasteiger partial charge on any atom is 0.341 e. The van der Waals surface area contributed by atoms with Crippen molar-refractivity contribution < 1.29 is 23.5 Å². The second-order valence-corrected chi connectivity index (χ2v) is 8.05. The van der Waals surface area contributed by atoms with E-state index < -0.39 is 17.2 Å². The smallest absolute Gasteiger partial charge is 0.341 e.